The number of carbonyl (C=O) groups excluding carboxylic acids is 1. The van der Waals surface area contributed by atoms with E-state index >= 15 is 0 Å². The molecule has 1 unspecified atom stereocenters. The summed E-state index contributed by atoms with van der Waals surface area (Å²) in [5, 5.41) is 15.1. The third-order valence-corrected chi connectivity index (χ3v) is 6.73. The number of rotatable bonds is 4. The zero-order chi connectivity index (χ0) is 23.4. The number of alkyl halides is 2. The summed E-state index contributed by atoms with van der Waals surface area (Å²) in [5.74, 6) is -0.115. The van der Waals surface area contributed by atoms with Gasteiger partial charge in [0.1, 0.15) is 5.69 Å². The van der Waals surface area contributed by atoms with E-state index in [9.17, 15) is 13.6 Å². The molecule has 8 heteroatoms. The fraction of sp³-hybridized carbons (Fsp3) is 0.360. The predicted molar refractivity (Wildman–Crippen MR) is 120 cm³/mol. The van der Waals surface area contributed by atoms with E-state index < -0.39 is 11.8 Å². The molecule has 0 fully saturated rings. The van der Waals surface area contributed by atoms with Crippen molar-refractivity contribution >= 4 is 5.91 Å². The molecule has 2 N–H and O–H groups in total. The van der Waals surface area contributed by atoms with E-state index in [4.69, 9.17) is 0 Å². The summed E-state index contributed by atoms with van der Waals surface area (Å²) in [7, 11) is 0. The van der Waals surface area contributed by atoms with Gasteiger partial charge in [-0.3, -0.25) is 9.78 Å². The lowest BCUT2D eigenvalue weighted by Gasteiger charge is -2.48. The molecule has 0 radical (unpaired) electrons. The van der Waals surface area contributed by atoms with Crippen molar-refractivity contribution in [1.29, 1.82) is 0 Å². The van der Waals surface area contributed by atoms with E-state index in [0.717, 1.165) is 22.4 Å². The second kappa shape index (κ2) is 7.57. The Morgan fingerprint density at radius 1 is 1.18 bits per heavy atom. The number of nitrogens with zero attached hydrogens (tertiary/aromatic N) is 3. The number of hydrogen-bond donors (Lipinski definition) is 2. The second-order valence-electron chi connectivity index (χ2n) is 9.34. The van der Waals surface area contributed by atoms with E-state index in [1.165, 1.54) is 12.3 Å². The van der Waals surface area contributed by atoms with Gasteiger partial charge in [-0.2, -0.15) is 10.2 Å². The lowest BCUT2D eigenvalue weighted by atomic mass is 9.62. The molecular weight excluding hydrogens is 424 g/mol. The van der Waals surface area contributed by atoms with Crippen LogP contribution in [0, 0.1) is 0 Å². The first kappa shape index (κ1) is 21.4. The number of pyridine rings is 1. The van der Waals surface area contributed by atoms with Crippen LogP contribution in [0.25, 0.3) is 11.1 Å². The summed E-state index contributed by atoms with van der Waals surface area (Å²) in [6.07, 6.45) is 1.43. The van der Waals surface area contributed by atoms with Gasteiger partial charge >= 0.3 is 0 Å². The maximum Gasteiger partial charge on any atom is 0.280 e. The summed E-state index contributed by atoms with van der Waals surface area (Å²) in [4.78, 5) is 17.2. The number of amides is 1. The molecule has 33 heavy (non-hydrogen) atoms. The molecule has 6 nitrogen and oxygen atoms in total. The first-order valence-electron chi connectivity index (χ1n) is 11.0. The van der Waals surface area contributed by atoms with Crippen LogP contribution < -0.4 is 10.6 Å². The molecule has 0 bridgehead atoms. The maximum absolute atomic E-state index is 13.5. The van der Waals surface area contributed by atoms with E-state index in [1.807, 2.05) is 45.0 Å². The summed E-state index contributed by atoms with van der Waals surface area (Å²) >= 11 is 0. The molecule has 2 aromatic rings. The summed E-state index contributed by atoms with van der Waals surface area (Å²) < 4.78 is 26.5. The van der Waals surface area contributed by atoms with Gasteiger partial charge in [0.05, 0.1) is 17.2 Å². The van der Waals surface area contributed by atoms with Crippen molar-refractivity contribution in [2.45, 2.75) is 57.2 Å². The fourth-order valence-electron chi connectivity index (χ4n) is 5.32. The van der Waals surface area contributed by atoms with Gasteiger partial charge in [-0.05, 0) is 55.2 Å². The molecule has 0 spiro atoms. The SMILES string of the molecule is CC[C@@]1(c2cccc(-c3ccnc(C(F)F)c3)c2)C2=CN=NC2NC2=C1C(=O)NC(C)(C)C2. The average molecular weight is 450 g/mol. The monoisotopic (exact) mass is 449 g/mol. The molecule has 170 valence electrons. The minimum Gasteiger partial charge on any atom is -0.362 e. The molecule has 0 saturated heterocycles. The Labute approximate surface area is 190 Å². The van der Waals surface area contributed by atoms with Crippen molar-refractivity contribution in [2.24, 2.45) is 10.2 Å². The van der Waals surface area contributed by atoms with Gasteiger partial charge in [0.2, 0.25) is 0 Å². The Kier molecular flexibility index (Phi) is 4.92. The molecule has 5 rings (SSSR count). The molecular formula is C25H25F2N5O. The molecule has 3 aliphatic rings. The van der Waals surface area contributed by atoms with Gasteiger partial charge in [-0.25, -0.2) is 8.78 Å². The zero-order valence-electron chi connectivity index (χ0n) is 18.7. The van der Waals surface area contributed by atoms with Gasteiger partial charge in [-0.15, -0.1) is 0 Å². The highest BCUT2D eigenvalue weighted by atomic mass is 19.3. The topological polar surface area (TPSA) is 78.7 Å². The number of benzene rings is 1. The number of fused-ring (bicyclic) bond motifs is 1. The first-order valence-corrected chi connectivity index (χ1v) is 11.0. The smallest absolute Gasteiger partial charge is 0.280 e. The lowest BCUT2D eigenvalue weighted by Crippen LogP contribution is -2.58. The normalized spacial score (nSPS) is 25.3. The highest BCUT2D eigenvalue weighted by Gasteiger charge is 2.53. The zero-order valence-corrected chi connectivity index (χ0v) is 18.7. The number of carbonyl (C=O) groups is 1. The van der Waals surface area contributed by atoms with Crippen molar-refractivity contribution in [1.82, 2.24) is 15.6 Å². The molecule has 4 heterocycles. The lowest BCUT2D eigenvalue weighted by molar-refractivity contribution is -0.120. The molecule has 1 aromatic carbocycles. The number of azo groups is 1. The molecule has 1 amide bonds. The molecule has 0 aliphatic carbocycles. The second-order valence-corrected chi connectivity index (χ2v) is 9.34. The average Bonchev–Trinajstić information content (AvgIpc) is 3.25. The van der Waals surface area contributed by atoms with Gasteiger partial charge in [-0.1, -0.05) is 25.1 Å². The van der Waals surface area contributed by atoms with Crippen LogP contribution in [0.5, 0.6) is 0 Å². The van der Waals surface area contributed by atoms with E-state index in [0.29, 0.717) is 24.0 Å². The van der Waals surface area contributed by atoms with Gasteiger partial charge in [0.25, 0.3) is 12.3 Å². The standard InChI is InChI=1S/C25H25F2N5O/c1-4-25(16-7-5-6-14(10-16)15-8-9-28-18(11-15)21(26)27)17-13-29-32-22(17)30-19-12-24(2,3)31-23(33)20(19)25/h5-11,13,21-22,30H,4,12H2,1-3H3,(H,31,33)/t22?,25-/m1/s1. The third-order valence-electron chi connectivity index (χ3n) is 6.73. The van der Waals surface area contributed by atoms with Crippen LogP contribution in [-0.4, -0.2) is 22.6 Å². The van der Waals surface area contributed by atoms with Crippen LogP contribution in [-0.2, 0) is 10.2 Å². The molecule has 0 saturated carbocycles. The Bertz CT molecular complexity index is 1230. The maximum atomic E-state index is 13.5. The van der Waals surface area contributed by atoms with E-state index in [2.05, 4.69) is 25.8 Å². The Balaban J connectivity index is 1.70. The Hall–Kier alpha value is -3.42. The quantitative estimate of drug-likeness (QED) is 0.676. The number of halogens is 2. The van der Waals surface area contributed by atoms with Crippen molar-refractivity contribution in [3.63, 3.8) is 0 Å². The van der Waals surface area contributed by atoms with E-state index in [1.54, 1.807) is 12.3 Å². The van der Waals surface area contributed by atoms with Gasteiger partial charge < -0.3 is 10.6 Å². The van der Waals surface area contributed by atoms with Crippen LogP contribution in [0.2, 0.25) is 0 Å². The first-order chi connectivity index (χ1) is 15.7. The van der Waals surface area contributed by atoms with Crippen LogP contribution in [0.4, 0.5) is 8.78 Å². The number of hydrogen-bond acceptors (Lipinski definition) is 5. The van der Waals surface area contributed by atoms with Crippen LogP contribution in [0.1, 0.15) is 51.3 Å². The molecule has 3 aliphatic heterocycles. The highest BCUT2D eigenvalue weighted by molar-refractivity contribution is 6.00. The van der Waals surface area contributed by atoms with Gasteiger partial charge in [0, 0.05) is 29.4 Å². The molecule has 1 aromatic heterocycles. The van der Waals surface area contributed by atoms with Crippen molar-refractivity contribution in [3.05, 3.63) is 76.9 Å². The summed E-state index contributed by atoms with van der Waals surface area (Å²) in [6, 6.07) is 10.9. The number of aromatic nitrogens is 1. The molecule has 2 atom stereocenters. The van der Waals surface area contributed by atoms with Crippen molar-refractivity contribution in [2.75, 3.05) is 0 Å². The summed E-state index contributed by atoms with van der Waals surface area (Å²) in [6.45, 7) is 6.04. The van der Waals surface area contributed by atoms with Crippen LogP contribution in [0.3, 0.4) is 0 Å². The highest BCUT2D eigenvalue weighted by Crippen LogP contribution is 2.51. The third kappa shape index (κ3) is 3.35. The summed E-state index contributed by atoms with van der Waals surface area (Å²) in [5.41, 5.74) is 3.43. The largest absolute Gasteiger partial charge is 0.362 e. The minimum atomic E-state index is -2.64. The predicted octanol–water partition coefficient (Wildman–Crippen LogP) is 5.17. The van der Waals surface area contributed by atoms with Crippen LogP contribution in [0.15, 0.2) is 75.9 Å². The van der Waals surface area contributed by atoms with Gasteiger partial charge in [0.15, 0.2) is 6.17 Å². The Morgan fingerprint density at radius 2 is 1.97 bits per heavy atom. The van der Waals surface area contributed by atoms with Crippen molar-refractivity contribution < 1.29 is 13.6 Å². The van der Waals surface area contributed by atoms with Crippen LogP contribution >= 0.6 is 0 Å². The Morgan fingerprint density at radius 3 is 2.73 bits per heavy atom. The van der Waals surface area contributed by atoms with Crippen molar-refractivity contribution in [3.8, 4) is 11.1 Å². The minimum absolute atomic E-state index is 0.115. The fourth-order valence-corrected chi connectivity index (χ4v) is 5.32. The number of nitrogens with one attached hydrogen (secondary N) is 2. The van der Waals surface area contributed by atoms with E-state index in [-0.39, 0.29) is 23.3 Å².